The molecule has 1 aromatic heterocycles. The minimum Gasteiger partial charge on any atom is -0.491 e. The number of nitrogens with one attached hydrogen (secondary N) is 1. The van der Waals surface area contributed by atoms with Gasteiger partial charge in [0.1, 0.15) is 21.3 Å². The zero-order chi connectivity index (χ0) is 35.6. The van der Waals surface area contributed by atoms with Crippen LogP contribution in [0, 0.1) is 5.82 Å². The Labute approximate surface area is 278 Å². The number of carbonyl (C=O) groups excluding carboxylic acids is 2. The van der Waals surface area contributed by atoms with E-state index >= 15 is 0 Å². The number of benzene rings is 2. The van der Waals surface area contributed by atoms with E-state index < -0.39 is 45.5 Å². The number of sulfonamides is 1. The summed E-state index contributed by atoms with van der Waals surface area (Å²) in [7, 11) is -0.776. The van der Waals surface area contributed by atoms with E-state index in [0.29, 0.717) is 42.9 Å². The predicted molar refractivity (Wildman–Crippen MR) is 170 cm³/mol. The fraction of sp³-hybridized carbons (Fsp3) is 0.387. The molecule has 3 aromatic rings. The number of carbonyl (C=O) groups is 3. The summed E-state index contributed by atoms with van der Waals surface area (Å²) in [4.78, 5) is 39.6. The number of anilines is 1. The molecule has 0 atom stereocenters. The van der Waals surface area contributed by atoms with Crippen molar-refractivity contribution in [2.45, 2.75) is 55.3 Å². The summed E-state index contributed by atoms with van der Waals surface area (Å²) in [6, 6.07) is 14.4. The van der Waals surface area contributed by atoms with Crippen LogP contribution in [0.1, 0.15) is 32.3 Å². The lowest BCUT2D eigenvalue weighted by Crippen LogP contribution is -2.56. The van der Waals surface area contributed by atoms with Crippen LogP contribution in [0.15, 0.2) is 58.8 Å². The monoisotopic (exact) mass is 714 g/mol. The Balaban J connectivity index is 0.000000671. The number of imide groups is 1. The van der Waals surface area contributed by atoms with Gasteiger partial charge in [0.25, 0.3) is 15.9 Å². The number of amides is 3. The minimum absolute atomic E-state index is 0.0651. The van der Waals surface area contributed by atoms with E-state index in [-0.39, 0.29) is 16.0 Å². The van der Waals surface area contributed by atoms with Gasteiger partial charge in [0.15, 0.2) is 0 Å². The van der Waals surface area contributed by atoms with Gasteiger partial charge in [-0.05, 0) is 74.7 Å². The summed E-state index contributed by atoms with van der Waals surface area (Å²) in [5, 5.41) is 9.58. The maximum Gasteiger partial charge on any atom is 0.490 e. The highest BCUT2D eigenvalue weighted by atomic mass is 32.2. The van der Waals surface area contributed by atoms with Crippen LogP contribution in [-0.4, -0.2) is 85.6 Å². The number of halogens is 4. The van der Waals surface area contributed by atoms with Crippen LogP contribution in [0.25, 0.3) is 10.4 Å². The lowest BCUT2D eigenvalue weighted by Gasteiger charge is -2.42. The van der Waals surface area contributed by atoms with E-state index in [4.69, 9.17) is 14.6 Å². The number of nitrogens with zero attached hydrogens (tertiary/aromatic N) is 3. The Morgan fingerprint density at radius 2 is 1.73 bits per heavy atom. The fourth-order valence-corrected chi connectivity index (χ4v) is 7.88. The summed E-state index contributed by atoms with van der Waals surface area (Å²) in [6.45, 7) is 5.69. The first-order valence-electron chi connectivity index (χ1n) is 14.6. The van der Waals surface area contributed by atoms with Gasteiger partial charge >= 0.3 is 18.2 Å². The highest BCUT2D eigenvalue weighted by molar-refractivity contribution is 7.91. The summed E-state index contributed by atoms with van der Waals surface area (Å²) in [5.41, 5.74) is 0.604. The average Bonchev–Trinajstić information content (AvgIpc) is 3.57. The molecular weight excluding hydrogens is 680 g/mol. The van der Waals surface area contributed by atoms with Gasteiger partial charge in [-0.15, -0.1) is 11.3 Å². The maximum atomic E-state index is 14.7. The summed E-state index contributed by atoms with van der Waals surface area (Å²) >= 11 is 1.03. The molecule has 3 heterocycles. The van der Waals surface area contributed by atoms with Crippen molar-refractivity contribution < 1.29 is 50.2 Å². The Bertz CT molecular complexity index is 1790. The van der Waals surface area contributed by atoms with Crippen molar-refractivity contribution >= 4 is 45.0 Å². The number of thiophene rings is 1. The van der Waals surface area contributed by atoms with Crippen LogP contribution in [0.3, 0.4) is 0 Å². The number of hydrogen-bond acceptors (Lipinski definition) is 8. The third-order valence-electron chi connectivity index (χ3n) is 7.66. The first-order chi connectivity index (χ1) is 22.3. The zero-order valence-corrected chi connectivity index (χ0v) is 28.0. The molecule has 0 aliphatic carbocycles. The molecule has 3 amide bonds. The molecule has 2 aliphatic heterocycles. The van der Waals surface area contributed by atoms with Crippen molar-refractivity contribution in [1.29, 1.82) is 0 Å². The number of carboxylic acid groups (broad SMARTS) is 1. The van der Waals surface area contributed by atoms with Crippen LogP contribution in [0.2, 0.25) is 0 Å². The Kier molecular flexibility index (Phi) is 10.9. The maximum absolute atomic E-state index is 14.7. The second-order valence-electron chi connectivity index (χ2n) is 11.6. The van der Waals surface area contributed by atoms with Crippen LogP contribution in [-0.2, 0) is 26.2 Å². The number of aliphatic carboxylic acids is 1. The molecule has 11 nitrogen and oxygen atoms in total. The van der Waals surface area contributed by atoms with Gasteiger partial charge in [0, 0.05) is 44.2 Å². The van der Waals surface area contributed by atoms with Crippen LogP contribution in [0.4, 0.5) is 28.0 Å². The van der Waals surface area contributed by atoms with E-state index in [9.17, 15) is 35.6 Å². The number of likely N-dealkylation sites (tertiary alicyclic amines) is 1. The van der Waals surface area contributed by atoms with E-state index in [1.54, 1.807) is 6.07 Å². The molecule has 48 heavy (non-hydrogen) atoms. The predicted octanol–water partition coefficient (Wildman–Crippen LogP) is 5.32. The lowest BCUT2D eigenvalue weighted by molar-refractivity contribution is -0.192. The summed E-state index contributed by atoms with van der Waals surface area (Å²) < 4.78 is 78.8. The second kappa shape index (κ2) is 14.2. The second-order valence-corrected chi connectivity index (χ2v) is 15.0. The molecule has 17 heteroatoms. The van der Waals surface area contributed by atoms with Crippen molar-refractivity contribution in [3.63, 3.8) is 0 Å². The van der Waals surface area contributed by atoms with Gasteiger partial charge in [-0.25, -0.2) is 26.7 Å². The average molecular weight is 715 g/mol. The smallest absolute Gasteiger partial charge is 0.490 e. The van der Waals surface area contributed by atoms with Crippen LogP contribution >= 0.6 is 11.3 Å². The number of urea groups is 1. The number of piperidine rings is 1. The van der Waals surface area contributed by atoms with Crippen molar-refractivity contribution in [3.8, 4) is 16.2 Å². The Morgan fingerprint density at radius 1 is 1.08 bits per heavy atom. The topological polar surface area (TPSA) is 137 Å². The van der Waals surface area contributed by atoms with Gasteiger partial charge in [-0.2, -0.15) is 13.2 Å². The minimum atomic E-state index is -5.08. The standard InChI is InChI=1S/C29H33FN4O5S2.C2HF3O2/c1-19(2)39-22-7-5-6-20(16-22)18-33-14-12-29(13-15-33)27(35)31-28(36)34(29)24-17-21(30)8-9-23(24)25-10-11-26(40-25)41(37,38)32(3)4;3-2(4,5)1(6)7/h5-11,16-17,19H,12-15,18H2,1-4H3,(H,31,35,36);(H,6,7). The van der Waals surface area contributed by atoms with Gasteiger partial charge < -0.3 is 9.84 Å². The van der Waals surface area contributed by atoms with Crippen LogP contribution in [0.5, 0.6) is 5.75 Å². The molecule has 5 rings (SSSR count). The highest BCUT2D eigenvalue weighted by Gasteiger charge is 2.55. The first-order valence-corrected chi connectivity index (χ1v) is 16.9. The van der Waals surface area contributed by atoms with E-state index in [1.807, 2.05) is 38.1 Å². The SMILES string of the molecule is CC(C)Oc1cccc(CN2CCC3(CC2)C(=O)NC(=O)N3c2cc(F)ccc2-c2ccc(S(=O)(=O)N(C)C)s2)c1.O=C(O)C(F)(F)F. The molecule has 0 radical (unpaired) electrons. The Morgan fingerprint density at radius 3 is 2.31 bits per heavy atom. The molecular formula is C31H34F4N4O7S2. The molecule has 2 saturated heterocycles. The van der Waals surface area contributed by atoms with Gasteiger partial charge in [-0.3, -0.25) is 19.9 Å². The molecule has 2 N–H and O–H groups in total. The molecule has 0 bridgehead atoms. The molecule has 0 unspecified atom stereocenters. The largest absolute Gasteiger partial charge is 0.491 e. The van der Waals surface area contributed by atoms with Crippen LogP contribution < -0.4 is 15.0 Å². The third kappa shape index (κ3) is 7.97. The number of carboxylic acids is 1. The first kappa shape index (κ1) is 36.8. The molecule has 2 aromatic carbocycles. The summed E-state index contributed by atoms with van der Waals surface area (Å²) in [6.07, 6.45) is -4.31. The van der Waals surface area contributed by atoms with Crippen molar-refractivity contribution in [2.75, 3.05) is 32.1 Å². The van der Waals surface area contributed by atoms with Crippen molar-refractivity contribution in [3.05, 3.63) is 66.0 Å². The fourth-order valence-electron chi connectivity index (χ4n) is 5.37. The van der Waals surface area contributed by atoms with E-state index in [1.165, 1.54) is 43.3 Å². The lowest BCUT2D eigenvalue weighted by atomic mass is 9.85. The Hall–Kier alpha value is -4.06. The molecule has 0 saturated carbocycles. The van der Waals surface area contributed by atoms with Crippen molar-refractivity contribution in [1.82, 2.24) is 14.5 Å². The molecule has 2 aliphatic rings. The number of rotatable bonds is 8. The number of hydrogen-bond donors (Lipinski definition) is 2. The van der Waals surface area contributed by atoms with E-state index in [2.05, 4.69) is 10.2 Å². The quantitative estimate of drug-likeness (QED) is 0.237. The van der Waals surface area contributed by atoms with Gasteiger partial charge in [0.2, 0.25) is 0 Å². The highest BCUT2D eigenvalue weighted by Crippen LogP contribution is 2.44. The van der Waals surface area contributed by atoms with Gasteiger partial charge in [0.05, 0.1) is 11.8 Å². The summed E-state index contributed by atoms with van der Waals surface area (Å²) in [5.74, 6) is -2.93. The van der Waals surface area contributed by atoms with Crippen molar-refractivity contribution in [2.24, 2.45) is 0 Å². The number of alkyl halides is 3. The molecule has 1 spiro atoms. The number of ether oxygens (including phenoxy) is 1. The van der Waals surface area contributed by atoms with E-state index in [0.717, 1.165) is 27.0 Å². The normalized spacial score (nSPS) is 16.7. The molecule has 2 fully saturated rings. The van der Waals surface area contributed by atoms with Gasteiger partial charge in [-0.1, -0.05) is 12.1 Å². The third-order valence-corrected chi connectivity index (χ3v) is 11.1. The molecule has 260 valence electrons. The zero-order valence-electron chi connectivity index (χ0n) is 26.4.